The third-order valence-corrected chi connectivity index (χ3v) is 3.08. The maximum atomic E-state index is 12.1. The van der Waals surface area contributed by atoms with Gasteiger partial charge in [0.1, 0.15) is 17.1 Å². The molecule has 2 aromatic heterocycles. The Hall–Kier alpha value is -2.56. The highest BCUT2D eigenvalue weighted by atomic mass is 16.5. The van der Waals surface area contributed by atoms with Gasteiger partial charge in [0.2, 0.25) is 0 Å². The molecule has 0 radical (unpaired) electrons. The zero-order valence-electron chi connectivity index (χ0n) is 11.2. The summed E-state index contributed by atoms with van der Waals surface area (Å²) in [7, 11) is 0. The van der Waals surface area contributed by atoms with Gasteiger partial charge in [0, 0.05) is 24.7 Å². The Morgan fingerprint density at radius 2 is 2.15 bits per heavy atom. The van der Waals surface area contributed by atoms with Gasteiger partial charge in [0.05, 0.1) is 11.3 Å². The molecule has 0 spiro atoms. The average Bonchev–Trinajstić information content (AvgIpc) is 2.37. The molecule has 0 atom stereocenters. The second-order valence-electron chi connectivity index (χ2n) is 5.20. The van der Waals surface area contributed by atoms with E-state index in [9.17, 15) is 9.90 Å². The maximum Gasteiger partial charge on any atom is 0.258 e. The first-order valence-electron chi connectivity index (χ1n) is 6.25. The highest BCUT2D eigenvalue weighted by Gasteiger charge is 2.27. The molecule has 0 aliphatic carbocycles. The number of aromatic hydroxyl groups is 1. The van der Waals surface area contributed by atoms with Gasteiger partial charge in [0.15, 0.2) is 0 Å². The minimum Gasteiger partial charge on any atom is -0.508 e. The minimum absolute atomic E-state index is 0.0513. The summed E-state index contributed by atoms with van der Waals surface area (Å²) in [6.07, 6.45) is 6.73. The van der Waals surface area contributed by atoms with Crippen molar-refractivity contribution < 1.29 is 9.84 Å². The number of pyridine rings is 2. The first-order chi connectivity index (χ1) is 9.46. The van der Waals surface area contributed by atoms with Crippen molar-refractivity contribution in [2.24, 2.45) is 0 Å². The van der Waals surface area contributed by atoms with E-state index in [2.05, 4.69) is 4.98 Å². The maximum absolute atomic E-state index is 12.1. The molecule has 0 saturated carbocycles. The van der Waals surface area contributed by atoms with Crippen molar-refractivity contribution >= 4 is 5.70 Å². The second kappa shape index (κ2) is 4.23. The van der Waals surface area contributed by atoms with Gasteiger partial charge < -0.3 is 9.84 Å². The number of fused-ring (bicyclic) bond motifs is 1. The predicted octanol–water partition coefficient (Wildman–Crippen LogP) is 2.01. The summed E-state index contributed by atoms with van der Waals surface area (Å²) >= 11 is 0. The second-order valence-corrected chi connectivity index (χ2v) is 5.20. The van der Waals surface area contributed by atoms with Gasteiger partial charge in [-0.1, -0.05) is 0 Å². The molecular weight excluding hydrogens is 256 g/mol. The number of ether oxygens (including phenoxy) is 1. The number of rotatable bonds is 1. The van der Waals surface area contributed by atoms with Gasteiger partial charge in [-0.05, 0) is 32.1 Å². The Morgan fingerprint density at radius 3 is 2.90 bits per heavy atom. The molecule has 20 heavy (non-hydrogen) atoms. The van der Waals surface area contributed by atoms with Crippen LogP contribution in [0.1, 0.15) is 19.4 Å². The molecule has 0 bridgehead atoms. The normalized spacial score (nSPS) is 16.0. The van der Waals surface area contributed by atoms with Crippen molar-refractivity contribution in [1.82, 2.24) is 9.55 Å². The van der Waals surface area contributed by atoms with Crippen LogP contribution in [-0.4, -0.2) is 20.3 Å². The largest absolute Gasteiger partial charge is 0.508 e. The van der Waals surface area contributed by atoms with Crippen molar-refractivity contribution in [3.63, 3.8) is 0 Å². The summed E-state index contributed by atoms with van der Waals surface area (Å²) in [6, 6.07) is 4.43. The van der Waals surface area contributed by atoms with Crippen molar-refractivity contribution in [2.75, 3.05) is 0 Å². The van der Waals surface area contributed by atoms with E-state index in [1.807, 2.05) is 19.9 Å². The molecule has 0 saturated heterocycles. The Bertz CT molecular complexity index is 760. The SMILES string of the molecule is CC1(C)C=C(n2ccc(O)cc2=O)c2cnccc2O1. The van der Waals surface area contributed by atoms with Crippen LogP contribution in [-0.2, 0) is 0 Å². The Labute approximate surface area is 115 Å². The molecule has 1 aliphatic rings. The summed E-state index contributed by atoms with van der Waals surface area (Å²) in [4.78, 5) is 16.1. The number of nitrogens with zero attached hydrogens (tertiary/aromatic N) is 2. The summed E-state index contributed by atoms with van der Waals surface area (Å²) in [5.74, 6) is 0.632. The Balaban J connectivity index is 2.25. The van der Waals surface area contributed by atoms with E-state index >= 15 is 0 Å². The zero-order valence-corrected chi connectivity index (χ0v) is 11.2. The van der Waals surface area contributed by atoms with Crippen LogP contribution >= 0.6 is 0 Å². The molecule has 0 unspecified atom stereocenters. The Morgan fingerprint density at radius 1 is 1.35 bits per heavy atom. The summed E-state index contributed by atoms with van der Waals surface area (Å²) in [5.41, 5.74) is 0.624. The van der Waals surface area contributed by atoms with E-state index < -0.39 is 5.60 Å². The molecule has 1 aliphatic heterocycles. The smallest absolute Gasteiger partial charge is 0.258 e. The molecule has 102 valence electrons. The van der Waals surface area contributed by atoms with Crippen molar-refractivity contribution in [2.45, 2.75) is 19.4 Å². The van der Waals surface area contributed by atoms with Crippen LogP contribution < -0.4 is 10.3 Å². The molecule has 0 fully saturated rings. The highest BCUT2D eigenvalue weighted by Crippen LogP contribution is 2.35. The van der Waals surface area contributed by atoms with Crippen LogP contribution in [0.4, 0.5) is 0 Å². The van der Waals surface area contributed by atoms with Gasteiger partial charge in [-0.2, -0.15) is 0 Å². The zero-order chi connectivity index (χ0) is 14.3. The van der Waals surface area contributed by atoms with E-state index in [1.54, 1.807) is 24.7 Å². The van der Waals surface area contributed by atoms with Gasteiger partial charge in [-0.3, -0.25) is 14.3 Å². The molecule has 5 nitrogen and oxygen atoms in total. The first kappa shape index (κ1) is 12.5. The fraction of sp³-hybridized carbons (Fsp3) is 0.200. The lowest BCUT2D eigenvalue weighted by Gasteiger charge is -2.31. The van der Waals surface area contributed by atoms with Crippen molar-refractivity contribution in [1.29, 1.82) is 0 Å². The lowest BCUT2D eigenvalue weighted by molar-refractivity contribution is 0.157. The van der Waals surface area contributed by atoms with E-state index in [-0.39, 0.29) is 11.3 Å². The number of aromatic nitrogens is 2. The molecule has 1 N–H and O–H groups in total. The van der Waals surface area contributed by atoms with E-state index in [0.29, 0.717) is 11.4 Å². The van der Waals surface area contributed by atoms with Crippen LogP contribution in [0.15, 0.2) is 47.7 Å². The third-order valence-electron chi connectivity index (χ3n) is 3.08. The molecule has 3 rings (SSSR count). The molecule has 2 aromatic rings. The predicted molar refractivity (Wildman–Crippen MR) is 74.7 cm³/mol. The summed E-state index contributed by atoms with van der Waals surface area (Å²) in [6.45, 7) is 3.84. The van der Waals surface area contributed by atoms with Crippen molar-refractivity contribution in [3.8, 4) is 11.5 Å². The molecule has 0 aromatic carbocycles. The summed E-state index contributed by atoms with van der Waals surface area (Å²) < 4.78 is 7.33. The van der Waals surface area contributed by atoms with Gasteiger partial charge >= 0.3 is 0 Å². The number of hydrogen-bond acceptors (Lipinski definition) is 4. The third kappa shape index (κ3) is 2.07. The van der Waals surface area contributed by atoms with Gasteiger partial charge in [-0.15, -0.1) is 0 Å². The first-order valence-corrected chi connectivity index (χ1v) is 6.25. The van der Waals surface area contributed by atoms with E-state index in [0.717, 1.165) is 5.56 Å². The average molecular weight is 270 g/mol. The summed E-state index contributed by atoms with van der Waals surface area (Å²) in [5, 5.41) is 9.36. The van der Waals surface area contributed by atoms with Gasteiger partial charge in [0.25, 0.3) is 5.56 Å². The van der Waals surface area contributed by atoms with Crippen LogP contribution in [0, 0.1) is 0 Å². The van der Waals surface area contributed by atoms with Crippen LogP contribution in [0.5, 0.6) is 11.5 Å². The van der Waals surface area contributed by atoms with E-state index in [1.165, 1.54) is 16.7 Å². The standard InChI is InChI=1S/C15H14N2O3/c1-15(2)8-12(11-9-16-5-3-13(11)20-15)17-6-4-10(18)7-14(17)19/h3-9,18H,1-2H3. The van der Waals surface area contributed by atoms with Crippen molar-refractivity contribution in [3.05, 3.63) is 58.8 Å². The fourth-order valence-electron chi connectivity index (χ4n) is 2.25. The lowest BCUT2D eigenvalue weighted by atomic mass is 10.0. The fourth-order valence-corrected chi connectivity index (χ4v) is 2.25. The quantitative estimate of drug-likeness (QED) is 0.861. The van der Waals surface area contributed by atoms with E-state index in [4.69, 9.17) is 4.74 Å². The van der Waals surface area contributed by atoms with Crippen LogP contribution in [0.25, 0.3) is 5.70 Å². The molecule has 5 heteroatoms. The monoisotopic (exact) mass is 270 g/mol. The van der Waals surface area contributed by atoms with Gasteiger partial charge in [-0.25, -0.2) is 0 Å². The topological polar surface area (TPSA) is 64.4 Å². The molecule has 0 amide bonds. The number of hydrogen-bond donors (Lipinski definition) is 1. The lowest BCUT2D eigenvalue weighted by Crippen LogP contribution is -2.32. The van der Waals surface area contributed by atoms with Crippen LogP contribution in [0.3, 0.4) is 0 Å². The molecule has 3 heterocycles. The minimum atomic E-state index is -0.527. The Kier molecular flexibility index (Phi) is 2.64. The van der Waals surface area contributed by atoms with Crippen LogP contribution in [0.2, 0.25) is 0 Å². The highest BCUT2D eigenvalue weighted by molar-refractivity contribution is 5.72. The molecular formula is C15H14N2O3.